The number of ether oxygens (including phenoxy) is 1. The molecule has 1 aliphatic carbocycles. The maximum absolute atomic E-state index is 12.8. The maximum atomic E-state index is 12.8. The predicted molar refractivity (Wildman–Crippen MR) is 113 cm³/mol. The molecule has 0 radical (unpaired) electrons. The van der Waals surface area contributed by atoms with Gasteiger partial charge in [-0.15, -0.1) is 0 Å². The van der Waals surface area contributed by atoms with Crippen LogP contribution in [-0.2, 0) is 19.6 Å². The number of nitrogens with one attached hydrogen (secondary N) is 2. The van der Waals surface area contributed by atoms with Crippen molar-refractivity contribution in [2.24, 2.45) is 0 Å². The molecule has 3 amide bonds. The highest BCUT2D eigenvalue weighted by molar-refractivity contribution is 7.89. The Morgan fingerprint density at radius 2 is 1.55 bits per heavy atom. The fourth-order valence-electron chi connectivity index (χ4n) is 3.86. The largest absolute Gasteiger partial charge is 0.452 e. The minimum Gasteiger partial charge on any atom is -0.452 e. The summed E-state index contributed by atoms with van der Waals surface area (Å²) < 4.78 is 32.0. The Hall–Kier alpha value is -2.46. The van der Waals surface area contributed by atoms with Gasteiger partial charge in [-0.2, -0.15) is 4.31 Å². The molecule has 1 aromatic rings. The van der Waals surface area contributed by atoms with Crippen LogP contribution in [-0.4, -0.2) is 56.4 Å². The molecule has 3 rings (SSSR count). The summed E-state index contributed by atoms with van der Waals surface area (Å²) in [7, 11) is -3.60. The van der Waals surface area contributed by atoms with Crippen LogP contribution in [0.15, 0.2) is 29.2 Å². The van der Waals surface area contributed by atoms with Crippen molar-refractivity contribution >= 4 is 27.9 Å². The van der Waals surface area contributed by atoms with Crippen LogP contribution >= 0.6 is 0 Å². The Kier molecular flexibility index (Phi) is 8.03. The van der Waals surface area contributed by atoms with Crippen molar-refractivity contribution in [2.45, 2.75) is 62.3 Å². The monoisotopic (exact) mass is 451 g/mol. The SMILES string of the molecule is O=C(COC(=O)c1ccc(S(=O)(=O)N2CCCCCC2)cc1)NC(=O)NC1CCCC1. The molecule has 1 aliphatic heterocycles. The van der Waals surface area contributed by atoms with Crippen LogP contribution in [0.2, 0.25) is 0 Å². The highest BCUT2D eigenvalue weighted by atomic mass is 32.2. The van der Waals surface area contributed by atoms with Crippen molar-refractivity contribution in [3.05, 3.63) is 29.8 Å². The van der Waals surface area contributed by atoms with E-state index in [9.17, 15) is 22.8 Å². The number of hydrogen-bond donors (Lipinski definition) is 2. The highest BCUT2D eigenvalue weighted by Crippen LogP contribution is 2.21. The van der Waals surface area contributed by atoms with E-state index in [-0.39, 0.29) is 16.5 Å². The number of amides is 3. The third-order valence-electron chi connectivity index (χ3n) is 5.57. The number of nitrogens with zero attached hydrogens (tertiary/aromatic N) is 1. The topological polar surface area (TPSA) is 122 Å². The molecule has 1 heterocycles. The Balaban J connectivity index is 1.49. The molecule has 0 spiro atoms. The lowest BCUT2D eigenvalue weighted by atomic mass is 10.2. The Morgan fingerprint density at radius 1 is 0.935 bits per heavy atom. The number of carbonyl (C=O) groups is 3. The maximum Gasteiger partial charge on any atom is 0.338 e. The van der Waals surface area contributed by atoms with E-state index in [0.29, 0.717) is 13.1 Å². The van der Waals surface area contributed by atoms with E-state index in [1.165, 1.54) is 28.6 Å². The van der Waals surface area contributed by atoms with Gasteiger partial charge in [0.1, 0.15) is 0 Å². The number of imide groups is 1. The van der Waals surface area contributed by atoms with E-state index in [1.807, 2.05) is 0 Å². The molecule has 9 nitrogen and oxygen atoms in total. The zero-order valence-corrected chi connectivity index (χ0v) is 18.3. The molecule has 0 bridgehead atoms. The molecule has 10 heteroatoms. The van der Waals surface area contributed by atoms with E-state index in [2.05, 4.69) is 10.6 Å². The Bertz CT molecular complexity index is 886. The van der Waals surface area contributed by atoms with E-state index in [0.717, 1.165) is 51.4 Å². The normalized spacial score (nSPS) is 18.2. The summed E-state index contributed by atoms with van der Waals surface area (Å²) in [5, 5.41) is 4.84. The van der Waals surface area contributed by atoms with E-state index >= 15 is 0 Å². The zero-order valence-electron chi connectivity index (χ0n) is 17.5. The summed E-state index contributed by atoms with van der Waals surface area (Å²) in [5.74, 6) is -1.51. The summed E-state index contributed by atoms with van der Waals surface area (Å²) in [6.07, 6.45) is 7.59. The molecule has 1 saturated carbocycles. The van der Waals surface area contributed by atoms with Gasteiger partial charge in [0, 0.05) is 19.1 Å². The summed E-state index contributed by atoms with van der Waals surface area (Å²) in [5.41, 5.74) is 0.123. The minimum atomic E-state index is -3.60. The number of sulfonamides is 1. The van der Waals surface area contributed by atoms with Crippen LogP contribution in [0.25, 0.3) is 0 Å². The average molecular weight is 452 g/mol. The number of hydrogen-bond acceptors (Lipinski definition) is 6. The number of carbonyl (C=O) groups excluding carboxylic acids is 3. The first-order valence-electron chi connectivity index (χ1n) is 10.7. The molecule has 0 aromatic heterocycles. The second-order valence-electron chi connectivity index (χ2n) is 7.92. The second kappa shape index (κ2) is 10.7. The molecule has 2 N–H and O–H groups in total. The molecule has 1 saturated heterocycles. The van der Waals surface area contributed by atoms with Gasteiger partial charge in [-0.25, -0.2) is 18.0 Å². The van der Waals surface area contributed by atoms with E-state index in [4.69, 9.17) is 4.74 Å². The van der Waals surface area contributed by atoms with Crippen molar-refractivity contribution < 1.29 is 27.5 Å². The van der Waals surface area contributed by atoms with Crippen molar-refractivity contribution in [1.82, 2.24) is 14.9 Å². The first-order chi connectivity index (χ1) is 14.9. The Morgan fingerprint density at radius 3 is 2.16 bits per heavy atom. The van der Waals surface area contributed by atoms with Gasteiger partial charge >= 0.3 is 12.0 Å². The first-order valence-corrected chi connectivity index (χ1v) is 12.2. The molecular formula is C21H29N3O6S. The quantitative estimate of drug-likeness (QED) is 0.640. The standard InChI is InChI=1S/C21H29N3O6S/c25-19(23-21(27)22-17-7-3-4-8-17)15-30-20(26)16-9-11-18(12-10-16)31(28,29)24-13-5-1-2-6-14-24/h9-12,17H,1-8,13-15H2,(H2,22,23,25,27). The van der Waals surface area contributed by atoms with Crippen molar-refractivity contribution in [3.63, 3.8) is 0 Å². The van der Waals surface area contributed by atoms with Gasteiger partial charge in [-0.05, 0) is 49.9 Å². The van der Waals surface area contributed by atoms with Crippen LogP contribution in [0, 0.1) is 0 Å². The van der Waals surface area contributed by atoms with Crippen LogP contribution in [0.3, 0.4) is 0 Å². The van der Waals surface area contributed by atoms with E-state index in [1.54, 1.807) is 0 Å². The van der Waals surface area contributed by atoms with Gasteiger partial charge in [0.05, 0.1) is 10.5 Å². The summed E-state index contributed by atoms with van der Waals surface area (Å²) in [4.78, 5) is 35.9. The number of esters is 1. The second-order valence-corrected chi connectivity index (χ2v) is 9.86. The van der Waals surface area contributed by atoms with Gasteiger partial charge in [-0.1, -0.05) is 25.7 Å². The number of benzene rings is 1. The fourth-order valence-corrected chi connectivity index (χ4v) is 5.38. The van der Waals surface area contributed by atoms with Crippen LogP contribution in [0.5, 0.6) is 0 Å². The average Bonchev–Trinajstić information content (AvgIpc) is 3.09. The molecular weight excluding hydrogens is 422 g/mol. The fraction of sp³-hybridized carbons (Fsp3) is 0.571. The molecule has 0 unspecified atom stereocenters. The molecule has 2 aliphatic rings. The number of rotatable bonds is 6. The van der Waals surface area contributed by atoms with Crippen LogP contribution in [0.4, 0.5) is 4.79 Å². The minimum absolute atomic E-state index is 0.0689. The number of urea groups is 1. The lowest BCUT2D eigenvalue weighted by Gasteiger charge is -2.20. The molecule has 2 fully saturated rings. The van der Waals surface area contributed by atoms with Gasteiger partial charge < -0.3 is 10.1 Å². The molecule has 1 aromatic carbocycles. The smallest absolute Gasteiger partial charge is 0.338 e. The van der Waals surface area contributed by atoms with E-state index < -0.39 is 34.5 Å². The summed E-state index contributed by atoms with van der Waals surface area (Å²) >= 11 is 0. The predicted octanol–water partition coefficient (Wildman–Crippen LogP) is 2.18. The molecule has 170 valence electrons. The van der Waals surface area contributed by atoms with Crippen molar-refractivity contribution in [2.75, 3.05) is 19.7 Å². The van der Waals surface area contributed by atoms with Gasteiger partial charge in [0.15, 0.2) is 6.61 Å². The lowest BCUT2D eigenvalue weighted by molar-refractivity contribution is -0.123. The third kappa shape index (κ3) is 6.51. The van der Waals surface area contributed by atoms with Crippen molar-refractivity contribution in [3.8, 4) is 0 Å². The first kappa shape index (κ1) is 23.2. The summed E-state index contributed by atoms with van der Waals surface area (Å²) in [6, 6.07) is 4.92. The van der Waals surface area contributed by atoms with Crippen LogP contribution < -0.4 is 10.6 Å². The molecule has 0 atom stereocenters. The zero-order chi connectivity index (χ0) is 22.3. The highest BCUT2D eigenvalue weighted by Gasteiger charge is 2.25. The van der Waals surface area contributed by atoms with Crippen LogP contribution in [0.1, 0.15) is 61.7 Å². The van der Waals surface area contributed by atoms with Gasteiger partial charge in [0.25, 0.3) is 5.91 Å². The molecule has 31 heavy (non-hydrogen) atoms. The third-order valence-corrected chi connectivity index (χ3v) is 7.48. The summed E-state index contributed by atoms with van der Waals surface area (Å²) in [6.45, 7) is 0.385. The van der Waals surface area contributed by atoms with Gasteiger partial charge in [0.2, 0.25) is 10.0 Å². The Labute approximate surface area is 182 Å². The van der Waals surface area contributed by atoms with Crippen molar-refractivity contribution in [1.29, 1.82) is 0 Å². The van der Waals surface area contributed by atoms with Gasteiger partial charge in [-0.3, -0.25) is 10.1 Å². The lowest BCUT2D eigenvalue weighted by Crippen LogP contribution is -2.44.